The number of carboxylic acids is 1. The zero-order chi connectivity index (χ0) is 13.7. The molecular formula is C12H14FNO4. The number of carbonyl (C=O) groups is 2. The molecule has 0 amide bonds. The van der Waals surface area contributed by atoms with E-state index in [-0.39, 0.29) is 17.7 Å². The monoisotopic (exact) mass is 255 g/mol. The van der Waals surface area contributed by atoms with E-state index in [2.05, 4.69) is 4.74 Å². The van der Waals surface area contributed by atoms with E-state index < -0.39 is 24.2 Å². The lowest BCUT2D eigenvalue weighted by Crippen LogP contribution is -2.32. The van der Waals surface area contributed by atoms with Gasteiger partial charge in [-0.2, -0.15) is 0 Å². The van der Waals surface area contributed by atoms with Gasteiger partial charge in [-0.1, -0.05) is 18.2 Å². The lowest BCUT2D eigenvalue weighted by atomic mass is 9.97. The standard InChI is InChI=1S/C12H14FNO4/c1-2-18-12(17)9(13)10(14)7-5-3-4-6-8(7)11(15)16/h3-6,9-10H,2,14H2,1H3,(H,15,16)/t9?,10-/m1/s1. The number of rotatable bonds is 5. The summed E-state index contributed by atoms with van der Waals surface area (Å²) in [6, 6.07) is 4.34. The molecular weight excluding hydrogens is 241 g/mol. The third kappa shape index (κ3) is 3.04. The zero-order valence-corrected chi connectivity index (χ0v) is 9.80. The maximum absolute atomic E-state index is 13.7. The highest BCUT2D eigenvalue weighted by Gasteiger charge is 2.30. The smallest absolute Gasteiger partial charge is 0.342 e. The Bertz CT molecular complexity index is 449. The van der Waals surface area contributed by atoms with Gasteiger partial charge in [-0.25, -0.2) is 14.0 Å². The van der Waals surface area contributed by atoms with Crippen LogP contribution >= 0.6 is 0 Å². The number of carbonyl (C=O) groups excluding carboxylic acids is 1. The number of hydrogen-bond acceptors (Lipinski definition) is 4. The number of hydrogen-bond donors (Lipinski definition) is 2. The van der Waals surface area contributed by atoms with Crippen LogP contribution < -0.4 is 5.73 Å². The maximum Gasteiger partial charge on any atom is 0.342 e. The number of esters is 1. The second kappa shape index (κ2) is 6.11. The van der Waals surface area contributed by atoms with E-state index >= 15 is 0 Å². The van der Waals surface area contributed by atoms with Gasteiger partial charge in [0.25, 0.3) is 0 Å². The van der Waals surface area contributed by atoms with Crippen LogP contribution in [0.2, 0.25) is 0 Å². The summed E-state index contributed by atoms with van der Waals surface area (Å²) in [5.74, 6) is -2.32. The van der Waals surface area contributed by atoms with Crippen LogP contribution in [0.4, 0.5) is 4.39 Å². The summed E-state index contributed by atoms with van der Waals surface area (Å²) < 4.78 is 18.2. The minimum absolute atomic E-state index is 0.0343. The number of benzene rings is 1. The van der Waals surface area contributed by atoms with Crippen molar-refractivity contribution in [3.05, 3.63) is 35.4 Å². The highest BCUT2D eigenvalue weighted by Crippen LogP contribution is 2.22. The molecule has 3 N–H and O–H groups in total. The van der Waals surface area contributed by atoms with Crippen LogP contribution in [-0.2, 0) is 9.53 Å². The molecule has 5 nitrogen and oxygen atoms in total. The molecule has 0 bridgehead atoms. The van der Waals surface area contributed by atoms with Crippen molar-refractivity contribution in [3.63, 3.8) is 0 Å². The fourth-order valence-corrected chi connectivity index (χ4v) is 1.51. The Hall–Kier alpha value is -1.95. The first-order chi connectivity index (χ1) is 8.49. The lowest BCUT2D eigenvalue weighted by molar-refractivity contribution is -0.149. The Morgan fingerprint density at radius 3 is 2.61 bits per heavy atom. The Morgan fingerprint density at radius 2 is 2.06 bits per heavy atom. The molecule has 0 saturated heterocycles. The summed E-state index contributed by atoms with van der Waals surface area (Å²) in [7, 11) is 0. The van der Waals surface area contributed by atoms with Gasteiger partial charge in [-0.05, 0) is 18.6 Å². The van der Waals surface area contributed by atoms with Gasteiger partial charge >= 0.3 is 11.9 Å². The Morgan fingerprint density at radius 1 is 1.44 bits per heavy atom. The molecule has 1 unspecified atom stereocenters. The summed E-state index contributed by atoms with van der Waals surface area (Å²) in [4.78, 5) is 22.2. The van der Waals surface area contributed by atoms with Crippen LogP contribution in [0.15, 0.2) is 24.3 Å². The fraction of sp³-hybridized carbons (Fsp3) is 0.333. The molecule has 0 radical (unpaired) electrons. The van der Waals surface area contributed by atoms with Crippen molar-refractivity contribution in [2.24, 2.45) is 5.73 Å². The van der Waals surface area contributed by atoms with Gasteiger partial charge in [0.15, 0.2) is 0 Å². The summed E-state index contributed by atoms with van der Waals surface area (Å²) in [5.41, 5.74) is 5.50. The van der Waals surface area contributed by atoms with Crippen molar-refractivity contribution in [1.82, 2.24) is 0 Å². The highest BCUT2D eigenvalue weighted by molar-refractivity contribution is 5.90. The Labute approximate surface area is 103 Å². The normalized spacial score (nSPS) is 13.7. The second-order valence-corrected chi connectivity index (χ2v) is 3.57. The van der Waals surface area contributed by atoms with Crippen LogP contribution in [0.3, 0.4) is 0 Å². The molecule has 0 spiro atoms. The van der Waals surface area contributed by atoms with Gasteiger partial charge < -0.3 is 15.6 Å². The van der Waals surface area contributed by atoms with E-state index in [9.17, 15) is 14.0 Å². The van der Waals surface area contributed by atoms with Crippen molar-refractivity contribution in [1.29, 1.82) is 0 Å². The molecule has 0 aromatic heterocycles. The molecule has 0 aliphatic carbocycles. The molecule has 0 saturated carbocycles. The SMILES string of the molecule is CCOC(=O)C(F)[C@H](N)c1ccccc1C(=O)O. The van der Waals surface area contributed by atoms with E-state index in [0.717, 1.165) is 0 Å². The van der Waals surface area contributed by atoms with E-state index in [4.69, 9.17) is 10.8 Å². The van der Waals surface area contributed by atoms with Crippen molar-refractivity contribution < 1.29 is 23.8 Å². The summed E-state index contributed by atoms with van der Waals surface area (Å²) in [6.07, 6.45) is -2.09. The first-order valence-corrected chi connectivity index (χ1v) is 5.37. The molecule has 0 heterocycles. The molecule has 6 heteroatoms. The number of aromatic carboxylic acids is 1. The summed E-state index contributed by atoms with van der Waals surface area (Å²) in [5, 5.41) is 8.94. The van der Waals surface area contributed by atoms with Crippen LogP contribution in [0.25, 0.3) is 0 Å². The first kappa shape index (κ1) is 14.1. The van der Waals surface area contributed by atoms with Crippen molar-refractivity contribution in [3.8, 4) is 0 Å². The topological polar surface area (TPSA) is 89.6 Å². The number of alkyl halides is 1. The summed E-state index contributed by atoms with van der Waals surface area (Å²) >= 11 is 0. The maximum atomic E-state index is 13.7. The molecule has 0 aliphatic rings. The van der Waals surface area contributed by atoms with Crippen LogP contribution in [0.5, 0.6) is 0 Å². The van der Waals surface area contributed by atoms with Gasteiger partial charge in [0.1, 0.15) is 0 Å². The molecule has 0 aliphatic heterocycles. The molecule has 2 atom stereocenters. The van der Waals surface area contributed by atoms with E-state index in [0.29, 0.717) is 0 Å². The molecule has 1 aromatic rings. The van der Waals surface area contributed by atoms with Gasteiger partial charge in [0.05, 0.1) is 18.2 Å². The zero-order valence-electron chi connectivity index (χ0n) is 9.80. The number of ether oxygens (including phenoxy) is 1. The van der Waals surface area contributed by atoms with Gasteiger partial charge in [-0.3, -0.25) is 0 Å². The average Bonchev–Trinajstić information content (AvgIpc) is 2.37. The lowest BCUT2D eigenvalue weighted by Gasteiger charge is -2.17. The fourth-order valence-electron chi connectivity index (χ4n) is 1.51. The molecule has 1 aromatic carbocycles. The van der Waals surface area contributed by atoms with Crippen LogP contribution in [-0.4, -0.2) is 29.8 Å². The molecule has 0 fully saturated rings. The molecule has 98 valence electrons. The molecule has 1 rings (SSSR count). The highest BCUT2D eigenvalue weighted by atomic mass is 19.1. The van der Waals surface area contributed by atoms with Crippen LogP contribution in [0, 0.1) is 0 Å². The second-order valence-electron chi connectivity index (χ2n) is 3.57. The molecule has 18 heavy (non-hydrogen) atoms. The third-order valence-electron chi connectivity index (χ3n) is 2.38. The Kier molecular flexibility index (Phi) is 4.79. The van der Waals surface area contributed by atoms with E-state index in [1.54, 1.807) is 6.92 Å². The minimum atomic E-state index is -2.09. The summed E-state index contributed by atoms with van der Waals surface area (Å²) in [6.45, 7) is 1.58. The number of halogens is 1. The van der Waals surface area contributed by atoms with Gasteiger partial charge in [-0.15, -0.1) is 0 Å². The number of nitrogens with two attached hydrogens (primary N) is 1. The minimum Gasteiger partial charge on any atom is -0.478 e. The van der Waals surface area contributed by atoms with Crippen molar-refractivity contribution >= 4 is 11.9 Å². The first-order valence-electron chi connectivity index (χ1n) is 5.37. The van der Waals surface area contributed by atoms with Gasteiger partial charge in [0, 0.05) is 0 Å². The quantitative estimate of drug-likeness (QED) is 0.774. The van der Waals surface area contributed by atoms with Crippen molar-refractivity contribution in [2.75, 3.05) is 6.61 Å². The Balaban J connectivity index is 2.99. The van der Waals surface area contributed by atoms with Gasteiger partial charge in [0.2, 0.25) is 6.17 Å². The average molecular weight is 255 g/mol. The van der Waals surface area contributed by atoms with Crippen LogP contribution in [0.1, 0.15) is 28.9 Å². The van der Waals surface area contributed by atoms with E-state index in [1.807, 2.05) is 0 Å². The van der Waals surface area contributed by atoms with Crippen molar-refractivity contribution in [2.45, 2.75) is 19.1 Å². The predicted molar refractivity (Wildman–Crippen MR) is 61.9 cm³/mol. The number of carboxylic acid groups (broad SMARTS) is 1. The van der Waals surface area contributed by atoms with E-state index in [1.165, 1.54) is 24.3 Å². The third-order valence-corrected chi connectivity index (χ3v) is 2.38. The predicted octanol–water partition coefficient (Wildman–Crippen LogP) is 1.29. The largest absolute Gasteiger partial charge is 0.478 e.